The van der Waals surface area contributed by atoms with Crippen molar-refractivity contribution in [3.63, 3.8) is 0 Å². The van der Waals surface area contributed by atoms with Gasteiger partial charge in [-0.15, -0.1) is 20.5 Å². The van der Waals surface area contributed by atoms with Crippen molar-refractivity contribution >= 4 is 92.8 Å². The van der Waals surface area contributed by atoms with Gasteiger partial charge in [0.05, 0.1) is 30.5 Å². The van der Waals surface area contributed by atoms with Gasteiger partial charge in [-0.25, -0.2) is 4.79 Å². The summed E-state index contributed by atoms with van der Waals surface area (Å²) in [6, 6.07) is 13.5. The maximum atomic E-state index is 13.2. The summed E-state index contributed by atoms with van der Waals surface area (Å²) in [5, 5.41) is 48.9. The van der Waals surface area contributed by atoms with E-state index in [9.17, 15) is 58.7 Å². The molecule has 23 nitrogen and oxygen atoms in total. The number of azo groups is 3. The number of phenolic OH excluding ortho intramolecular Hbond substituents is 1. The van der Waals surface area contributed by atoms with Gasteiger partial charge < -0.3 is 19.7 Å². The van der Waals surface area contributed by atoms with Crippen LogP contribution in [0, 0.1) is 6.92 Å². The Bertz CT molecular complexity index is 3120. The average Bonchev–Trinajstić information content (AvgIpc) is 3.53. The first-order valence-electron chi connectivity index (χ1n) is 16.7. The number of fused-ring (bicyclic) bond motifs is 1. The highest BCUT2D eigenvalue weighted by Crippen LogP contribution is 2.45. The number of nitrogens with zero attached hydrogens (tertiary/aromatic N) is 8. The Hall–Kier alpha value is -7.10. The molecule has 5 N–H and O–H groups in total. The molecule has 0 radical (unpaired) electrons. The molecule has 0 saturated heterocycles. The van der Waals surface area contributed by atoms with Gasteiger partial charge in [-0.3, -0.25) is 18.5 Å². The van der Waals surface area contributed by atoms with Crippen molar-refractivity contribution in [1.29, 1.82) is 0 Å². The Labute approximate surface area is 344 Å². The van der Waals surface area contributed by atoms with Crippen LogP contribution in [-0.4, -0.2) is 87.0 Å². The molecule has 1 aliphatic heterocycles. The molecule has 5 aromatic rings. The smallest absolute Gasteiger partial charge is 0.355 e. The number of rotatable bonds is 13. The lowest BCUT2D eigenvalue weighted by molar-refractivity contribution is -0.130. The van der Waals surface area contributed by atoms with Crippen LogP contribution in [0.5, 0.6) is 17.2 Å². The third-order valence-corrected chi connectivity index (χ3v) is 11.1. The summed E-state index contributed by atoms with van der Waals surface area (Å²) in [7, 11) is -11.9. The molecule has 1 aliphatic rings. The number of hydrogen-bond donors (Lipinski definition) is 5. The number of hydrazone groups is 1. The molecular weight excluding hydrogens is 869 g/mol. The van der Waals surface area contributed by atoms with Gasteiger partial charge in [-0.1, -0.05) is 6.07 Å². The van der Waals surface area contributed by atoms with Crippen molar-refractivity contribution in [3.05, 3.63) is 84.4 Å². The summed E-state index contributed by atoms with van der Waals surface area (Å²) in [5.74, 6) is -3.46. The minimum atomic E-state index is -5.13. The standard InChI is InChI=1S/C35H28N8O15S3/c1-17-4-11-23(28(12-17)60(51,52)53)37-38-24-15-27(58-3)25(16-26(24)57-2)39-40-30-29(61(54,55)56)14-18-13-19(5-10-22(18)33(30)44)36-41-31-32(35(46)47)42-43(34(31)45)20-6-8-21(9-7-20)59(48,49)50/h4-16,31,44H,1-3H3,(H,46,47)(H,48,49,50)(H,51,52,53)(H,54,55,56)/b38-37+,40-39+,41-36+. The van der Waals surface area contributed by atoms with Gasteiger partial charge in [0.15, 0.2) is 11.5 Å². The Kier molecular flexibility index (Phi) is 11.8. The van der Waals surface area contributed by atoms with Gasteiger partial charge in [-0.2, -0.15) is 45.6 Å². The largest absolute Gasteiger partial charge is 0.505 e. The number of amides is 1. The third-order valence-electron chi connectivity index (χ3n) is 8.51. The number of aliphatic carboxylic acids is 1. The van der Waals surface area contributed by atoms with Gasteiger partial charge in [0.25, 0.3) is 36.3 Å². The highest BCUT2D eigenvalue weighted by Gasteiger charge is 2.41. The number of carboxylic acid groups (broad SMARTS) is 1. The van der Waals surface area contributed by atoms with Crippen molar-refractivity contribution in [2.45, 2.75) is 27.7 Å². The van der Waals surface area contributed by atoms with E-state index in [0.29, 0.717) is 10.6 Å². The van der Waals surface area contributed by atoms with Gasteiger partial charge in [0.2, 0.25) is 6.04 Å². The minimum absolute atomic E-state index is 0.00514. The summed E-state index contributed by atoms with van der Waals surface area (Å²) in [6.45, 7) is 1.61. The predicted molar refractivity (Wildman–Crippen MR) is 211 cm³/mol. The quantitative estimate of drug-likeness (QED) is 0.0632. The van der Waals surface area contributed by atoms with E-state index in [1.165, 1.54) is 56.7 Å². The Morgan fingerprint density at radius 1 is 0.705 bits per heavy atom. The van der Waals surface area contributed by atoms with Gasteiger partial charge in [0.1, 0.15) is 44.0 Å². The van der Waals surface area contributed by atoms with Crippen LogP contribution in [0.4, 0.5) is 34.1 Å². The van der Waals surface area contributed by atoms with Crippen molar-refractivity contribution < 1.29 is 68.2 Å². The van der Waals surface area contributed by atoms with Gasteiger partial charge >= 0.3 is 5.97 Å². The normalized spacial score (nSPS) is 15.0. The van der Waals surface area contributed by atoms with E-state index in [2.05, 4.69) is 35.8 Å². The lowest BCUT2D eigenvalue weighted by atomic mass is 10.1. The van der Waals surface area contributed by atoms with Crippen molar-refractivity contribution in [2.24, 2.45) is 35.8 Å². The van der Waals surface area contributed by atoms with E-state index in [-0.39, 0.29) is 50.7 Å². The first-order valence-corrected chi connectivity index (χ1v) is 21.0. The summed E-state index contributed by atoms with van der Waals surface area (Å²) < 4.78 is 112. The molecule has 6 rings (SSSR count). The molecule has 1 heterocycles. The zero-order chi connectivity index (χ0) is 44.6. The van der Waals surface area contributed by atoms with Crippen LogP contribution in [0.25, 0.3) is 10.8 Å². The van der Waals surface area contributed by atoms with Crippen LogP contribution in [0.15, 0.2) is 129 Å². The van der Waals surface area contributed by atoms with Crippen LogP contribution in [0.3, 0.4) is 0 Å². The fourth-order valence-corrected chi connectivity index (χ4v) is 7.46. The molecule has 26 heteroatoms. The first kappa shape index (κ1) is 43.5. The lowest BCUT2D eigenvalue weighted by Crippen LogP contribution is -2.33. The molecule has 0 bridgehead atoms. The number of aryl methyl sites for hydroxylation is 1. The summed E-state index contributed by atoms with van der Waals surface area (Å²) in [6.07, 6.45) is 0. The molecule has 1 atom stereocenters. The van der Waals surface area contributed by atoms with Crippen molar-refractivity contribution in [2.75, 3.05) is 19.2 Å². The van der Waals surface area contributed by atoms with Crippen LogP contribution in [0.2, 0.25) is 0 Å². The third kappa shape index (κ3) is 9.22. The number of hydrogen-bond acceptors (Lipinski definition) is 18. The molecule has 61 heavy (non-hydrogen) atoms. The van der Waals surface area contributed by atoms with E-state index < -0.39 is 80.1 Å². The number of methoxy groups -OCH3 is 2. The van der Waals surface area contributed by atoms with Crippen LogP contribution in [0.1, 0.15) is 5.56 Å². The second-order valence-electron chi connectivity index (χ2n) is 12.5. The second-order valence-corrected chi connectivity index (χ2v) is 16.7. The lowest BCUT2D eigenvalue weighted by Gasteiger charge is -2.12. The number of phenols is 1. The molecular formula is C35H28N8O15S3. The van der Waals surface area contributed by atoms with Crippen molar-refractivity contribution in [3.8, 4) is 17.2 Å². The number of carbonyl (C=O) groups excluding carboxylic acids is 1. The van der Waals surface area contributed by atoms with Crippen LogP contribution < -0.4 is 14.5 Å². The molecule has 0 fully saturated rings. The van der Waals surface area contributed by atoms with Crippen molar-refractivity contribution in [1.82, 2.24) is 0 Å². The maximum absolute atomic E-state index is 13.2. The Morgan fingerprint density at radius 3 is 1.85 bits per heavy atom. The van der Waals surface area contributed by atoms with Gasteiger partial charge in [-0.05, 0) is 78.5 Å². The molecule has 316 valence electrons. The maximum Gasteiger partial charge on any atom is 0.355 e. The predicted octanol–water partition coefficient (Wildman–Crippen LogP) is 6.38. The van der Waals surface area contributed by atoms with E-state index >= 15 is 0 Å². The second kappa shape index (κ2) is 16.5. The fraction of sp³-hybridized carbons (Fsp3) is 0.114. The minimum Gasteiger partial charge on any atom is -0.505 e. The number of aromatic hydroxyl groups is 1. The summed E-state index contributed by atoms with van der Waals surface area (Å²) >= 11 is 0. The molecule has 1 unspecified atom stereocenters. The highest BCUT2D eigenvalue weighted by atomic mass is 32.2. The summed E-state index contributed by atoms with van der Waals surface area (Å²) in [5.41, 5.74) is -1.39. The monoisotopic (exact) mass is 896 g/mol. The average molecular weight is 897 g/mol. The molecule has 0 spiro atoms. The number of carboxylic acids is 1. The topological polar surface area (TPSA) is 346 Å². The zero-order valence-electron chi connectivity index (χ0n) is 31.2. The highest BCUT2D eigenvalue weighted by molar-refractivity contribution is 7.86. The van der Waals surface area contributed by atoms with Crippen LogP contribution >= 0.6 is 0 Å². The van der Waals surface area contributed by atoms with E-state index in [1.807, 2.05) is 0 Å². The molecule has 5 aromatic carbocycles. The van der Waals surface area contributed by atoms with Gasteiger partial charge in [0, 0.05) is 17.5 Å². The first-order chi connectivity index (χ1) is 28.6. The molecule has 0 aliphatic carbocycles. The number of carbonyl (C=O) groups is 2. The SMILES string of the molecule is COc1cc(/N=N/c2c(S(=O)(=O)O)cc3cc(/N=N/C4C(=O)N(c5ccc(S(=O)(=O)O)cc5)N=C4C(=O)O)ccc3c2O)c(OC)cc1/N=N/c1ccc(C)cc1S(=O)(=O)O. The molecule has 0 saturated carbocycles. The number of benzene rings is 5. The number of ether oxygens (including phenoxy) is 2. The zero-order valence-corrected chi connectivity index (χ0v) is 33.7. The van der Waals surface area contributed by atoms with E-state index in [0.717, 1.165) is 30.3 Å². The van der Waals surface area contributed by atoms with E-state index in [4.69, 9.17) is 9.47 Å². The Morgan fingerprint density at radius 2 is 1.30 bits per heavy atom. The summed E-state index contributed by atoms with van der Waals surface area (Å²) in [4.78, 5) is 23.2. The fourth-order valence-electron chi connectivity index (χ4n) is 5.62. The van der Waals surface area contributed by atoms with Crippen LogP contribution in [-0.2, 0) is 39.9 Å². The number of anilines is 1. The molecule has 0 aromatic heterocycles. The van der Waals surface area contributed by atoms with E-state index in [1.54, 1.807) is 13.0 Å². The Balaban J connectivity index is 1.32. The molecule has 1 amide bonds.